The number of pyridine rings is 1. The number of aliphatic hydroxyl groups is 1. The smallest absolute Gasteiger partial charge is 0.241 e. The van der Waals surface area contributed by atoms with Crippen molar-refractivity contribution in [2.24, 2.45) is 0 Å². The number of sulfonamides is 1. The van der Waals surface area contributed by atoms with Crippen molar-refractivity contribution in [3.63, 3.8) is 0 Å². The van der Waals surface area contributed by atoms with Crippen LogP contribution in [-0.2, 0) is 26.0 Å². The summed E-state index contributed by atoms with van der Waals surface area (Å²) in [7, 11) is -2.34. The molecule has 1 aromatic carbocycles. The molecule has 0 saturated heterocycles. The summed E-state index contributed by atoms with van der Waals surface area (Å²) >= 11 is 0. The Morgan fingerprint density at radius 3 is 2.53 bits per heavy atom. The molecule has 0 saturated carbocycles. The average molecular weight is 462 g/mol. The lowest BCUT2D eigenvalue weighted by Gasteiger charge is -2.31. The number of hydrogen-bond donors (Lipinski definition) is 3. The monoisotopic (exact) mass is 461 g/mol. The molecule has 3 rings (SSSR count). The van der Waals surface area contributed by atoms with Crippen LogP contribution in [0, 0.1) is 0 Å². The van der Waals surface area contributed by atoms with Gasteiger partial charge >= 0.3 is 0 Å². The van der Waals surface area contributed by atoms with Crippen molar-refractivity contribution in [3.05, 3.63) is 66.5 Å². The lowest BCUT2D eigenvalue weighted by molar-refractivity contribution is -0.125. The molecule has 1 aliphatic rings. The first-order valence-electron chi connectivity index (χ1n) is 10.2. The third-order valence-electron chi connectivity index (χ3n) is 5.00. The number of rotatable bonds is 10. The number of ether oxygens (including phenoxy) is 2. The predicted octanol–water partition coefficient (Wildman–Crippen LogP) is 0.802. The van der Waals surface area contributed by atoms with Crippen LogP contribution in [0.2, 0.25) is 0 Å². The number of aromatic nitrogens is 1. The summed E-state index contributed by atoms with van der Waals surface area (Å²) < 4.78 is 38.7. The molecule has 1 amide bonds. The zero-order valence-corrected chi connectivity index (χ0v) is 18.5. The van der Waals surface area contributed by atoms with Gasteiger partial charge in [0.15, 0.2) is 0 Å². The van der Waals surface area contributed by atoms with Crippen molar-refractivity contribution >= 4 is 15.9 Å². The largest absolute Gasteiger partial charge is 0.497 e. The fourth-order valence-corrected chi connectivity index (χ4v) is 4.48. The molecule has 3 N–H and O–H groups in total. The molecule has 2 aromatic rings. The van der Waals surface area contributed by atoms with E-state index in [0.29, 0.717) is 18.7 Å². The molecular weight excluding hydrogens is 434 g/mol. The van der Waals surface area contributed by atoms with Crippen LogP contribution in [-0.4, -0.2) is 62.9 Å². The third kappa shape index (κ3) is 6.60. The number of nitrogens with zero attached hydrogens (tertiary/aromatic N) is 1. The van der Waals surface area contributed by atoms with Crippen LogP contribution in [0.1, 0.15) is 12.0 Å². The minimum atomic E-state index is -3.84. The number of carbonyl (C=O) groups excluding carboxylic acids is 1. The molecule has 0 fully saturated rings. The molecule has 0 radical (unpaired) electrons. The van der Waals surface area contributed by atoms with Crippen LogP contribution < -0.4 is 14.8 Å². The maximum absolute atomic E-state index is 12.7. The molecule has 9 nitrogen and oxygen atoms in total. The number of hydrogen-bond acceptors (Lipinski definition) is 7. The molecule has 0 unspecified atom stereocenters. The van der Waals surface area contributed by atoms with Gasteiger partial charge in [-0.3, -0.25) is 9.78 Å². The van der Waals surface area contributed by atoms with E-state index in [1.54, 1.807) is 36.7 Å². The Labute approximate surface area is 187 Å². The second kappa shape index (κ2) is 11.2. The van der Waals surface area contributed by atoms with Crippen LogP contribution in [0.3, 0.4) is 0 Å². The van der Waals surface area contributed by atoms with Crippen molar-refractivity contribution in [3.8, 4) is 5.75 Å². The second-order valence-electron chi connectivity index (χ2n) is 7.26. The summed E-state index contributed by atoms with van der Waals surface area (Å²) in [5, 5.41) is 12.5. The van der Waals surface area contributed by atoms with Gasteiger partial charge in [0.2, 0.25) is 15.9 Å². The van der Waals surface area contributed by atoms with Gasteiger partial charge in [0.1, 0.15) is 11.9 Å². The van der Waals surface area contributed by atoms with E-state index in [0.717, 1.165) is 5.56 Å². The number of benzene rings is 1. The maximum Gasteiger partial charge on any atom is 0.241 e. The number of aliphatic hydroxyl groups excluding tert-OH is 1. The van der Waals surface area contributed by atoms with E-state index >= 15 is 0 Å². The first-order valence-corrected chi connectivity index (χ1v) is 11.7. The Morgan fingerprint density at radius 2 is 1.88 bits per heavy atom. The fourth-order valence-electron chi connectivity index (χ4n) is 3.26. The van der Waals surface area contributed by atoms with Crippen LogP contribution in [0.15, 0.2) is 65.8 Å². The quantitative estimate of drug-likeness (QED) is 0.447. The number of carbonyl (C=O) groups is 1. The van der Waals surface area contributed by atoms with Gasteiger partial charge < -0.3 is 19.9 Å². The van der Waals surface area contributed by atoms with E-state index < -0.39 is 34.9 Å². The normalized spacial score (nSPS) is 20.6. The topological polar surface area (TPSA) is 127 Å². The van der Waals surface area contributed by atoms with Gasteiger partial charge in [-0.1, -0.05) is 12.2 Å². The molecule has 0 spiro atoms. The summed E-state index contributed by atoms with van der Waals surface area (Å²) in [5.41, 5.74) is 1.07. The highest BCUT2D eigenvalue weighted by atomic mass is 32.2. The summed E-state index contributed by atoms with van der Waals surface area (Å²) in [6.07, 6.45) is 6.03. The average Bonchev–Trinajstić information content (AvgIpc) is 2.80. The summed E-state index contributed by atoms with van der Waals surface area (Å²) in [4.78, 5) is 16.2. The Balaban J connectivity index is 1.53. The van der Waals surface area contributed by atoms with Crippen molar-refractivity contribution in [2.75, 3.05) is 20.3 Å². The number of nitrogens with one attached hydrogen (secondary N) is 2. The van der Waals surface area contributed by atoms with Gasteiger partial charge in [-0.15, -0.1) is 0 Å². The van der Waals surface area contributed by atoms with Gasteiger partial charge in [-0.2, -0.15) is 0 Å². The Morgan fingerprint density at radius 1 is 1.16 bits per heavy atom. The molecule has 1 aliphatic heterocycles. The summed E-state index contributed by atoms with van der Waals surface area (Å²) in [6.45, 7) is 0.0767. The van der Waals surface area contributed by atoms with E-state index in [4.69, 9.17) is 9.47 Å². The van der Waals surface area contributed by atoms with E-state index in [1.807, 2.05) is 12.1 Å². The summed E-state index contributed by atoms with van der Waals surface area (Å²) in [5.74, 6) is 0.350. The molecule has 0 aliphatic carbocycles. The van der Waals surface area contributed by atoms with Gasteiger partial charge in [0.05, 0.1) is 37.2 Å². The molecule has 32 heavy (non-hydrogen) atoms. The zero-order valence-electron chi connectivity index (χ0n) is 17.7. The maximum atomic E-state index is 12.7. The first-order chi connectivity index (χ1) is 15.4. The Kier molecular flexibility index (Phi) is 8.34. The van der Waals surface area contributed by atoms with E-state index in [1.165, 1.54) is 19.2 Å². The molecule has 1 aromatic heterocycles. The SMILES string of the molecule is COc1ccc(S(=O)(=O)N[C@H]2C=C[C@H](CC(=O)NCCc3ccncc3)O[C@@H]2CO)cc1. The molecule has 0 bridgehead atoms. The first kappa shape index (κ1) is 23.9. The standard InChI is InChI=1S/C22H27N3O6S/c1-30-17-2-5-19(6-3-17)32(28,29)25-20-7-4-18(31-21(20)15-26)14-22(27)24-13-10-16-8-11-23-12-9-16/h2-9,11-12,18,20-21,25-26H,10,13-15H2,1H3,(H,24,27)/t18-,20+,21-/m1/s1. The van der Waals surface area contributed by atoms with Gasteiger partial charge in [-0.25, -0.2) is 13.1 Å². The highest BCUT2D eigenvalue weighted by Gasteiger charge is 2.31. The zero-order chi connectivity index (χ0) is 23.0. The van der Waals surface area contributed by atoms with Crippen LogP contribution in [0.25, 0.3) is 0 Å². The lowest BCUT2D eigenvalue weighted by atomic mass is 10.1. The van der Waals surface area contributed by atoms with Crippen molar-refractivity contribution < 1.29 is 27.8 Å². The molecule has 3 atom stereocenters. The van der Waals surface area contributed by atoms with Crippen LogP contribution in [0.5, 0.6) is 5.75 Å². The second-order valence-corrected chi connectivity index (χ2v) is 8.98. The third-order valence-corrected chi connectivity index (χ3v) is 6.47. The van der Waals surface area contributed by atoms with Gasteiger partial charge in [0, 0.05) is 18.9 Å². The Bertz CT molecular complexity index is 1010. The number of amides is 1. The Hall–Kier alpha value is -2.79. The number of methoxy groups -OCH3 is 1. The van der Waals surface area contributed by atoms with Gasteiger partial charge in [0.25, 0.3) is 0 Å². The van der Waals surface area contributed by atoms with Crippen LogP contribution in [0.4, 0.5) is 0 Å². The minimum Gasteiger partial charge on any atom is -0.497 e. The van der Waals surface area contributed by atoms with Gasteiger partial charge in [-0.05, 0) is 48.4 Å². The lowest BCUT2D eigenvalue weighted by Crippen LogP contribution is -2.49. The molecular formula is C22H27N3O6S. The highest BCUT2D eigenvalue weighted by Crippen LogP contribution is 2.20. The van der Waals surface area contributed by atoms with Crippen molar-refractivity contribution in [2.45, 2.75) is 36.0 Å². The highest BCUT2D eigenvalue weighted by molar-refractivity contribution is 7.89. The van der Waals surface area contributed by atoms with E-state index in [2.05, 4.69) is 15.0 Å². The van der Waals surface area contributed by atoms with E-state index in [9.17, 15) is 18.3 Å². The van der Waals surface area contributed by atoms with E-state index in [-0.39, 0.29) is 17.2 Å². The fraction of sp³-hybridized carbons (Fsp3) is 0.364. The molecule has 172 valence electrons. The molecule has 2 heterocycles. The van der Waals surface area contributed by atoms with Crippen LogP contribution >= 0.6 is 0 Å². The van der Waals surface area contributed by atoms with Crippen molar-refractivity contribution in [1.29, 1.82) is 0 Å². The molecule has 10 heteroatoms. The predicted molar refractivity (Wildman–Crippen MR) is 118 cm³/mol. The van der Waals surface area contributed by atoms with Crippen molar-refractivity contribution in [1.82, 2.24) is 15.0 Å². The summed E-state index contributed by atoms with van der Waals surface area (Å²) in [6, 6.07) is 8.97. The minimum absolute atomic E-state index is 0.0686.